The molecule has 7 heteroatoms. The number of benzene rings is 1. The van der Waals surface area contributed by atoms with Crippen molar-refractivity contribution in [1.82, 2.24) is 25.4 Å². The van der Waals surface area contributed by atoms with Crippen LogP contribution in [0.5, 0.6) is 0 Å². The van der Waals surface area contributed by atoms with Crippen LogP contribution in [0.3, 0.4) is 0 Å². The molecule has 2 heterocycles. The van der Waals surface area contributed by atoms with Crippen molar-refractivity contribution in [3.8, 4) is 5.69 Å². The predicted molar refractivity (Wildman–Crippen MR) is 111 cm³/mol. The second kappa shape index (κ2) is 9.21. The number of nitrogens with zero attached hydrogens (tertiary/aromatic N) is 4. The highest BCUT2D eigenvalue weighted by Gasteiger charge is 2.08. The van der Waals surface area contributed by atoms with Gasteiger partial charge in [0.05, 0.1) is 23.6 Å². The fraction of sp³-hybridized carbons (Fsp3) is 0.381. The van der Waals surface area contributed by atoms with E-state index >= 15 is 0 Å². The summed E-state index contributed by atoms with van der Waals surface area (Å²) in [5.74, 6) is 2.26. The van der Waals surface area contributed by atoms with E-state index in [9.17, 15) is 0 Å². The highest BCUT2D eigenvalue weighted by molar-refractivity contribution is 5.79. The largest absolute Gasteiger partial charge is 0.444 e. The molecule has 2 aromatic heterocycles. The van der Waals surface area contributed by atoms with E-state index in [1.54, 1.807) is 7.05 Å². The third-order valence-corrected chi connectivity index (χ3v) is 4.64. The monoisotopic (exact) mass is 380 g/mol. The third-order valence-electron chi connectivity index (χ3n) is 4.64. The van der Waals surface area contributed by atoms with Gasteiger partial charge in [-0.3, -0.25) is 4.99 Å². The van der Waals surface area contributed by atoms with Crippen LogP contribution < -0.4 is 10.6 Å². The molecular weight excluding hydrogens is 352 g/mol. The SMILES string of the molecule is CN=C(NCCCc1cn(-c2ccccc2)nc1C)NCc1nc(C)c(C)o1. The van der Waals surface area contributed by atoms with Crippen LogP contribution in [0, 0.1) is 20.8 Å². The van der Waals surface area contributed by atoms with Gasteiger partial charge in [-0.1, -0.05) is 18.2 Å². The Bertz CT molecular complexity index is 906. The van der Waals surface area contributed by atoms with Crippen LogP contribution in [0.4, 0.5) is 0 Å². The molecule has 0 atom stereocenters. The van der Waals surface area contributed by atoms with E-state index in [-0.39, 0.29) is 0 Å². The van der Waals surface area contributed by atoms with Crippen LogP contribution in [0.25, 0.3) is 5.69 Å². The van der Waals surface area contributed by atoms with Gasteiger partial charge in [-0.2, -0.15) is 5.10 Å². The topological polar surface area (TPSA) is 80.3 Å². The number of hydrogen-bond acceptors (Lipinski definition) is 4. The van der Waals surface area contributed by atoms with Crippen molar-refractivity contribution in [1.29, 1.82) is 0 Å². The first-order valence-electron chi connectivity index (χ1n) is 9.55. The summed E-state index contributed by atoms with van der Waals surface area (Å²) in [6, 6.07) is 10.2. The Morgan fingerprint density at radius 1 is 1.11 bits per heavy atom. The summed E-state index contributed by atoms with van der Waals surface area (Å²) in [4.78, 5) is 8.62. The lowest BCUT2D eigenvalue weighted by Gasteiger charge is -2.10. The normalized spacial score (nSPS) is 11.6. The Balaban J connectivity index is 1.45. The highest BCUT2D eigenvalue weighted by atomic mass is 16.4. The van der Waals surface area contributed by atoms with Gasteiger partial charge in [0.1, 0.15) is 5.76 Å². The first kappa shape index (κ1) is 19.7. The van der Waals surface area contributed by atoms with E-state index in [0.717, 1.165) is 48.2 Å². The van der Waals surface area contributed by atoms with Crippen molar-refractivity contribution in [2.75, 3.05) is 13.6 Å². The molecule has 0 bridgehead atoms. The van der Waals surface area contributed by atoms with Crippen LogP contribution in [0.2, 0.25) is 0 Å². The molecule has 3 rings (SSSR count). The summed E-state index contributed by atoms with van der Waals surface area (Å²) in [6.07, 6.45) is 4.06. The lowest BCUT2D eigenvalue weighted by molar-refractivity contribution is 0.463. The van der Waals surface area contributed by atoms with Crippen molar-refractivity contribution in [2.45, 2.75) is 40.2 Å². The van der Waals surface area contributed by atoms with Crippen LogP contribution in [0.1, 0.15) is 35.0 Å². The molecule has 28 heavy (non-hydrogen) atoms. The first-order chi connectivity index (χ1) is 13.6. The van der Waals surface area contributed by atoms with Crippen molar-refractivity contribution < 1.29 is 4.42 Å². The minimum Gasteiger partial charge on any atom is -0.444 e. The maximum Gasteiger partial charge on any atom is 0.214 e. The van der Waals surface area contributed by atoms with Gasteiger partial charge < -0.3 is 15.1 Å². The second-order valence-electron chi connectivity index (χ2n) is 6.73. The highest BCUT2D eigenvalue weighted by Crippen LogP contribution is 2.13. The van der Waals surface area contributed by atoms with Gasteiger partial charge in [-0.25, -0.2) is 9.67 Å². The Morgan fingerprint density at radius 2 is 1.89 bits per heavy atom. The van der Waals surface area contributed by atoms with Gasteiger partial charge >= 0.3 is 0 Å². The molecule has 0 aliphatic carbocycles. The first-order valence-corrected chi connectivity index (χ1v) is 9.55. The van der Waals surface area contributed by atoms with Crippen LogP contribution in [-0.2, 0) is 13.0 Å². The number of aryl methyl sites for hydroxylation is 4. The Labute approximate surface area is 165 Å². The standard InChI is InChI=1S/C21H28N6O/c1-15-17(3)28-20(25-15)13-24-21(22-4)23-12-8-9-18-14-27(26-16(18)2)19-10-6-5-7-11-19/h5-7,10-11,14H,8-9,12-13H2,1-4H3,(H2,22,23,24). The van der Waals surface area contributed by atoms with E-state index in [2.05, 4.69) is 51.0 Å². The minimum atomic E-state index is 0.511. The zero-order chi connectivity index (χ0) is 19.9. The van der Waals surface area contributed by atoms with Crippen LogP contribution in [-0.4, -0.2) is 34.3 Å². The van der Waals surface area contributed by atoms with Crippen molar-refractivity contribution in [3.63, 3.8) is 0 Å². The Hall–Kier alpha value is -3.09. The molecule has 0 aliphatic rings. The second-order valence-corrected chi connectivity index (χ2v) is 6.73. The fourth-order valence-corrected chi connectivity index (χ4v) is 2.93. The number of rotatable bonds is 7. The molecule has 7 nitrogen and oxygen atoms in total. The molecule has 0 saturated heterocycles. The lowest BCUT2D eigenvalue weighted by atomic mass is 10.1. The number of hydrogen-bond donors (Lipinski definition) is 2. The minimum absolute atomic E-state index is 0.511. The maximum absolute atomic E-state index is 5.58. The quantitative estimate of drug-likeness (QED) is 0.374. The summed E-state index contributed by atoms with van der Waals surface area (Å²) in [5, 5.41) is 11.2. The van der Waals surface area contributed by atoms with E-state index < -0.39 is 0 Å². The number of oxazole rings is 1. The van der Waals surface area contributed by atoms with E-state index in [0.29, 0.717) is 12.4 Å². The number of aliphatic imine (C=N–C) groups is 1. The average molecular weight is 380 g/mol. The molecule has 1 aromatic carbocycles. The number of guanidine groups is 1. The summed E-state index contributed by atoms with van der Waals surface area (Å²) in [7, 11) is 1.76. The molecular formula is C21H28N6O. The van der Waals surface area contributed by atoms with E-state index in [1.165, 1.54) is 5.56 Å². The molecule has 0 unspecified atom stereocenters. The predicted octanol–water partition coefficient (Wildman–Crippen LogP) is 3.08. The fourth-order valence-electron chi connectivity index (χ4n) is 2.93. The van der Waals surface area contributed by atoms with Crippen molar-refractivity contribution >= 4 is 5.96 Å². The van der Waals surface area contributed by atoms with Gasteiger partial charge in [0.2, 0.25) is 5.89 Å². The maximum atomic E-state index is 5.58. The Kier molecular flexibility index (Phi) is 6.47. The zero-order valence-electron chi connectivity index (χ0n) is 17.0. The van der Waals surface area contributed by atoms with Crippen LogP contribution >= 0.6 is 0 Å². The van der Waals surface area contributed by atoms with Crippen molar-refractivity contribution in [3.05, 3.63) is 65.1 Å². The molecule has 0 aliphatic heterocycles. The van der Waals surface area contributed by atoms with Gasteiger partial charge in [-0.15, -0.1) is 0 Å². The molecule has 0 amide bonds. The molecule has 2 N–H and O–H groups in total. The van der Waals surface area contributed by atoms with Crippen LogP contribution in [0.15, 0.2) is 45.9 Å². The zero-order valence-corrected chi connectivity index (χ0v) is 17.0. The average Bonchev–Trinajstić information content (AvgIpc) is 3.23. The van der Waals surface area contributed by atoms with Gasteiger partial charge in [-0.05, 0) is 51.3 Å². The third kappa shape index (κ3) is 5.00. The summed E-state index contributed by atoms with van der Waals surface area (Å²) < 4.78 is 7.52. The van der Waals surface area contributed by atoms with Crippen molar-refractivity contribution in [2.24, 2.45) is 4.99 Å². The van der Waals surface area contributed by atoms with Gasteiger partial charge in [0.15, 0.2) is 5.96 Å². The summed E-state index contributed by atoms with van der Waals surface area (Å²) in [6.45, 7) is 7.25. The van der Waals surface area contributed by atoms with Gasteiger partial charge in [0.25, 0.3) is 0 Å². The molecule has 0 radical (unpaired) electrons. The Morgan fingerprint density at radius 3 is 2.57 bits per heavy atom. The van der Waals surface area contributed by atoms with Gasteiger partial charge in [0, 0.05) is 19.8 Å². The summed E-state index contributed by atoms with van der Waals surface area (Å²) >= 11 is 0. The molecule has 0 saturated carbocycles. The smallest absolute Gasteiger partial charge is 0.214 e. The molecule has 0 fully saturated rings. The summed E-state index contributed by atoms with van der Waals surface area (Å²) in [5.41, 5.74) is 4.34. The number of nitrogens with one attached hydrogen (secondary N) is 2. The molecule has 148 valence electrons. The van der Waals surface area contributed by atoms with E-state index in [4.69, 9.17) is 4.42 Å². The number of aromatic nitrogens is 3. The number of para-hydroxylation sites is 1. The lowest BCUT2D eigenvalue weighted by Crippen LogP contribution is -2.37. The molecule has 3 aromatic rings. The molecule has 0 spiro atoms. The van der Waals surface area contributed by atoms with E-state index in [1.807, 2.05) is 36.7 Å².